The maximum Gasteiger partial charge on any atom is 0.0715 e. The second-order valence-electron chi connectivity index (χ2n) is 4.19. The summed E-state index contributed by atoms with van der Waals surface area (Å²) in [5, 5.41) is 3.31. The molecule has 0 aliphatic carbocycles. The topological polar surface area (TPSA) is 21.3 Å². The largest absolute Gasteiger partial charge is 0.374 e. The number of rotatable bonds is 4. The molecule has 1 rings (SSSR count). The first-order chi connectivity index (χ1) is 5.68. The highest BCUT2D eigenvalue weighted by molar-refractivity contribution is 4.72. The van der Waals surface area contributed by atoms with E-state index in [2.05, 4.69) is 26.1 Å². The molecule has 0 radical (unpaired) electrons. The predicted octanol–water partition coefficient (Wildman–Crippen LogP) is 1.80. The fourth-order valence-corrected chi connectivity index (χ4v) is 1.79. The molecule has 1 fully saturated rings. The first-order valence-electron chi connectivity index (χ1n) is 5.04. The van der Waals surface area contributed by atoms with Crippen molar-refractivity contribution in [1.82, 2.24) is 5.32 Å². The van der Waals surface area contributed by atoms with Crippen molar-refractivity contribution in [3.05, 3.63) is 0 Å². The molecule has 2 nitrogen and oxygen atoms in total. The summed E-state index contributed by atoms with van der Waals surface area (Å²) in [7, 11) is 0. The Kier molecular flexibility index (Phi) is 4.02. The van der Waals surface area contributed by atoms with Gasteiger partial charge in [0, 0.05) is 6.54 Å². The molecule has 1 saturated heterocycles. The van der Waals surface area contributed by atoms with E-state index in [-0.39, 0.29) is 0 Å². The molecule has 0 spiro atoms. The highest BCUT2D eigenvalue weighted by Crippen LogP contribution is 2.12. The van der Waals surface area contributed by atoms with Gasteiger partial charge in [0.25, 0.3) is 0 Å². The number of nitrogens with one attached hydrogen (secondary N) is 1. The summed E-state index contributed by atoms with van der Waals surface area (Å²) >= 11 is 0. The van der Waals surface area contributed by atoms with Gasteiger partial charge in [0.2, 0.25) is 0 Å². The Morgan fingerprint density at radius 2 is 2.17 bits per heavy atom. The molecule has 0 saturated carbocycles. The molecule has 1 aliphatic rings. The third-order valence-corrected chi connectivity index (χ3v) is 2.24. The average molecular weight is 171 g/mol. The van der Waals surface area contributed by atoms with Crippen LogP contribution in [0.5, 0.6) is 0 Å². The first-order valence-corrected chi connectivity index (χ1v) is 5.04. The predicted molar refractivity (Wildman–Crippen MR) is 51.3 cm³/mol. The van der Waals surface area contributed by atoms with Gasteiger partial charge in [0.15, 0.2) is 0 Å². The Morgan fingerprint density at radius 3 is 2.67 bits per heavy atom. The van der Waals surface area contributed by atoms with E-state index in [4.69, 9.17) is 4.74 Å². The Hall–Kier alpha value is -0.0800. The summed E-state index contributed by atoms with van der Waals surface area (Å²) in [5.74, 6) is 0.745. The molecular weight excluding hydrogens is 150 g/mol. The molecule has 1 aliphatic heterocycles. The van der Waals surface area contributed by atoms with Crippen molar-refractivity contribution in [2.45, 2.75) is 45.8 Å². The molecule has 72 valence electrons. The molecule has 2 heteroatoms. The smallest absolute Gasteiger partial charge is 0.0715 e. The van der Waals surface area contributed by atoms with Crippen molar-refractivity contribution in [3.63, 3.8) is 0 Å². The Morgan fingerprint density at radius 1 is 1.42 bits per heavy atom. The third-order valence-electron chi connectivity index (χ3n) is 2.24. The quantitative estimate of drug-likeness (QED) is 0.696. The Bertz CT molecular complexity index is 119. The fourth-order valence-electron chi connectivity index (χ4n) is 1.79. The molecule has 0 bridgehead atoms. The van der Waals surface area contributed by atoms with Crippen LogP contribution in [-0.4, -0.2) is 25.3 Å². The van der Waals surface area contributed by atoms with Crippen LogP contribution >= 0.6 is 0 Å². The Labute approximate surface area is 75.7 Å². The van der Waals surface area contributed by atoms with E-state index < -0.39 is 0 Å². The summed E-state index contributed by atoms with van der Waals surface area (Å²) in [4.78, 5) is 0. The van der Waals surface area contributed by atoms with Crippen molar-refractivity contribution in [2.24, 2.45) is 5.92 Å². The molecule has 0 aromatic carbocycles. The molecule has 0 aromatic heterocycles. The minimum Gasteiger partial charge on any atom is -0.374 e. The lowest BCUT2D eigenvalue weighted by Gasteiger charge is -2.19. The molecular formula is C10H21NO. The molecule has 0 amide bonds. The lowest BCUT2D eigenvalue weighted by Crippen LogP contribution is -2.23. The second kappa shape index (κ2) is 4.83. The van der Waals surface area contributed by atoms with E-state index in [0.717, 1.165) is 19.0 Å². The van der Waals surface area contributed by atoms with Crippen molar-refractivity contribution in [3.8, 4) is 0 Å². The molecule has 2 atom stereocenters. The summed E-state index contributed by atoms with van der Waals surface area (Å²) in [6.45, 7) is 8.83. The summed E-state index contributed by atoms with van der Waals surface area (Å²) in [6.07, 6.45) is 3.26. The van der Waals surface area contributed by atoms with Crippen molar-refractivity contribution >= 4 is 0 Å². The van der Waals surface area contributed by atoms with Crippen molar-refractivity contribution < 1.29 is 4.74 Å². The van der Waals surface area contributed by atoms with Crippen LogP contribution in [-0.2, 0) is 4.74 Å². The van der Waals surface area contributed by atoms with E-state index in [1.807, 2.05) is 0 Å². The normalized spacial score (nSPS) is 26.5. The molecule has 0 aromatic rings. The van der Waals surface area contributed by atoms with Gasteiger partial charge in [-0.2, -0.15) is 0 Å². The van der Waals surface area contributed by atoms with Crippen LogP contribution in [0.3, 0.4) is 0 Å². The summed E-state index contributed by atoms with van der Waals surface area (Å²) < 4.78 is 5.86. The van der Waals surface area contributed by atoms with Crippen molar-refractivity contribution in [2.75, 3.05) is 13.1 Å². The van der Waals surface area contributed by atoms with E-state index >= 15 is 0 Å². The molecule has 1 unspecified atom stereocenters. The zero-order valence-electron chi connectivity index (χ0n) is 8.47. The van der Waals surface area contributed by atoms with Crippen LogP contribution in [0, 0.1) is 5.92 Å². The van der Waals surface area contributed by atoms with Crippen LogP contribution in [0.1, 0.15) is 33.6 Å². The van der Waals surface area contributed by atoms with Crippen LogP contribution in [0.2, 0.25) is 0 Å². The zero-order valence-corrected chi connectivity index (χ0v) is 8.47. The average Bonchev–Trinajstić information content (AvgIpc) is 2.37. The lowest BCUT2D eigenvalue weighted by molar-refractivity contribution is -0.000777. The van der Waals surface area contributed by atoms with Gasteiger partial charge in [-0.25, -0.2) is 0 Å². The van der Waals surface area contributed by atoms with Crippen LogP contribution in [0.25, 0.3) is 0 Å². The van der Waals surface area contributed by atoms with Gasteiger partial charge in [-0.05, 0) is 32.2 Å². The van der Waals surface area contributed by atoms with Gasteiger partial charge in [0.05, 0.1) is 12.2 Å². The van der Waals surface area contributed by atoms with Gasteiger partial charge < -0.3 is 10.1 Å². The number of hydrogen-bond acceptors (Lipinski definition) is 2. The second-order valence-corrected chi connectivity index (χ2v) is 4.19. The molecule has 1 heterocycles. The van der Waals surface area contributed by atoms with Gasteiger partial charge in [-0.1, -0.05) is 13.8 Å². The maximum atomic E-state index is 5.86. The Balaban J connectivity index is 2.11. The summed E-state index contributed by atoms with van der Waals surface area (Å²) in [6, 6.07) is 0. The van der Waals surface area contributed by atoms with E-state index in [9.17, 15) is 0 Å². The minimum atomic E-state index is 0.426. The summed E-state index contributed by atoms with van der Waals surface area (Å²) in [5.41, 5.74) is 0. The van der Waals surface area contributed by atoms with Crippen LogP contribution in [0.15, 0.2) is 0 Å². The monoisotopic (exact) mass is 171 g/mol. The maximum absolute atomic E-state index is 5.86. The SMILES string of the molecule is CC(C)CC(C)O[C@H]1CCNC1. The number of ether oxygens (including phenoxy) is 1. The fraction of sp³-hybridized carbons (Fsp3) is 1.00. The molecule has 12 heavy (non-hydrogen) atoms. The van der Waals surface area contributed by atoms with Gasteiger partial charge in [0.1, 0.15) is 0 Å². The van der Waals surface area contributed by atoms with E-state index in [1.165, 1.54) is 12.8 Å². The van der Waals surface area contributed by atoms with Crippen LogP contribution < -0.4 is 5.32 Å². The van der Waals surface area contributed by atoms with Crippen LogP contribution in [0.4, 0.5) is 0 Å². The standard InChI is InChI=1S/C10H21NO/c1-8(2)6-9(3)12-10-4-5-11-7-10/h8-11H,4-7H2,1-3H3/t9?,10-/m0/s1. The van der Waals surface area contributed by atoms with E-state index in [0.29, 0.717) is 12.2 Å². The number of hydrogen-bond donors (Lipinski definition) is 1. The highest BCUT2D eigenvalue weighted by Gasteiger charge is 2.17. The zero-order chi connectivity index (χ0) is 8.97. The highest BCUT2D eigenvalue weighted by atomic mass is 16.5. The van der Waals surface area contributed by atoms with E-state index in [1.54, 1.807) is 0 Å². The van der Waals surface area contributed by atoms with Gasteiger partial charge in [-0.15, -0.1) is 0 Å². The van der Waals surface area contributed by atoms with Crippen molar-refractivity contribution in [1.29, 1.82) is 0 Å². The first kappa shape index (κ1) is 10.0. The van der Waals surface area contributed by atoms with Gasteiger partial charge >= 0.3 is 0 Å². The van der Waals surface area contributed by atoms with Gasteiger partial charge in [-0.3, -0.25) is 0 Å². The lowest BCUT2D eigenvalue weighted by atomic mass is 10.1. The third kappa shape index (κ3) is 3.55. The molecule has 1 N–H and O–H groups in total. The minimum absolute atomic E-state index is 0.426.